The van der Waals surface area contributed by atoms with Crippen molar-refractivity contribution in [3.05, 3.63) is 0 Å². The zero-order valence-electron chi connectivity index (χ0n) is 9.64. The largest absolute Gasteiger partial charge is 0.370 e. The second-order valence-electron chi connectivity index (χ2n) is 3.11. The van der Waals surface area contributed by atoms with Crippen LogP contribution in [0.4, 0.5) is 0 Å². The van der Waals surface area contributed by atoms with E-state index in [1.807, 2.05) is 0 Å². The lowest BCUT2D eigenvalue weighted by molar-refractivity contribution is -0.108. The molecule has 0 bridgehead atoms. The molecule has 70 valence electrons. The summed E-state index contributed by atoms with van der Waals surface area (Å²) in [7, 11) is 0. The predicted molar refractivity (Wildman–Crippen MR) is 48.1 cm³/mol. The molecule has 0 aromatic rings. The molecule has 0 unspecified atom stereocenters. The van der Waals surface area contributed by atoms with Gasteiger partial charge in [0.05, 0.1) is 14.9 Å². The summed E-state index contributed by atoms with van der Waals surface area (Å²) in [5.74, 6) is 0. The Morgan fingerprint density at radius 1 is 1.42 bits per heavy atom. The standard InChI is InChI=1S/C10H18O2/c1-2-3-4-6-9-10(12-9)7-5-8-11/h8-10H,2-7H2,1H3/t9-,10-/m0/s1/i9D,10D. The Bertz CT molecular complexity index is 210. The summed E-state index contributed by atoms with van der Waals surface area (Å²) in [6.45, 7) is 2.10. The minimum Gasteiger partial charge on any atom is -0.370 e. The van der Waals surface area contributed by atoms with Crippen LogP contribution in [-0.4, -0.2) is 18.4 Å². The molecule has 1 saturated heterocycles. The fraction of sp³-hybridized carbons (Fsp3) is 0.900. The van der Waals surface area contributed by atoms with E-state index in [1.165, 1.54) is 0 Å². The zero-order valence-corrected chi connectivity index (χ0v) is 7.64. The lowest BCUT2D eigenvalue weighted by atomic mass is 10.1. The highest BCUT2D eigenvalue weighted by atomic mass is 16.6. The second-order valence-corrected chi connectivity index (χ2v) is 3.11. The van der Waals surface area contributed by atoms with Crippen molar-refractivity contribution in [1.82, 2.24) is 0 Å². The zero-order chi connectivity index (χ0) is 10.7. The van der Waals surface area contributed by atoms with E-state index in [2.05, 4.69) is 6.92 Å². The maximum absolute atomic E-state index is 10.2. The molecule has 1 aliphatic heterocycles. The fourth-order valence-corrected chi connectivity index (χ4v) is 1.23. The Hall–Kier alpha value is -0.370. The number of carbonyl (C=O) groups is 1. The van der Waals surface area contributed by atoms with Crippen molar-refractivity contribution in [2.75, 3.05) is 0 Å². The summed E-state index contributed by atoms with van der Waals surface area (Å²) >= 11 is 0. The third kappa shape index (κ3) is 3.35. The Morgan fingerprint density at radius 3 is 2.83 bits per heavy atom. The van der Waals surface area contributed by atoms with E-state index in [9.17, 15) is 4.79 Å². The number of unbranched alkanes of at least 4 members (excludes halogenated alkanes) is 2. The van der Waals surface area contributed by atoms with Crippen molar-refractivity contribution >= 4 is 6.29 Å². The first kappa shape index (κ1) is 7.07. The third-order valence-electron chi connectivity index (χ3n) is 2.01. The number of hydrogen-bond donors (Lipinski definition) is 0. The molecule has 0 radical (unpaired) electrons. The van der Waals surface area contributed by atoms with Gasteiger partial charge in [-0.15, -0.1) is 0 Å². The van der Waals surface area contributed by atoms with Crippen LogP contribution in [0.1, 0.15) is 48.2 Å². The lowest BCUT2D eigenvalue weighted by Crippen LogP contribution is -1.94. The Morgan fingerprint density at radius 2 is 2.17 bits per heavy atom. The SMILES string of the molecule is [2H][C@@]1(CCC=O)O[C@@]1([2H])CCCCC. The van der Waals surface area contributed by atoms with E-state index in [-0.39, 0.29) is 0 Å². The summed E-state index contributed by atoms with van der Waals surface area (Å²) in [5.41, 5.74) is 0. The van der Waals surface area contributed by atoms with Gasteiger partial charge in [0.15, 0.2) is 0 Å². The van der Waals surface area contributed by atoms with Crippen molar-refractivity contribution in [3.63, 3.8) is 0 Å². The molecule has 0 aliphatic carbocycles. The normalized spacial score (nSPS) is 41.8. The summed E-state index contributed by atoms with van der Waals surface area (Å²) in [5, 5.41) is 0. The van der Waals surface area contributed by atoms with Gasteiger partial charge in [-0.25, -0.2) is 0 Å². The summed E-state index contributed by atoms with van der Waals surface area (Å²) in [6, 6.07) is 0. The van der Waals surface area contributed by atoms with Gasteiger partial charge in [-0.2, -0.15) is 0 Å². The van der Waals surface area contributed by atoms with E-state index < -0.39 is 12.2 Å². The van der Waals surface area contributed by atoms with Crippen LogP contribution in [-0.2, 0) is 9.53 Å². The van der Waals surface area contributed by atoms with Crippen LogP contribution in [0, 0.1) is 0 Å². The molecular formula is C10H18O2. The second kappa shape index (κ2) is 5.31. The minimum absolute atomic E-state index is 0.317. The van der Waals surface area contributed by atoms with E-state index in [0.717, 1.165) is 25.5 Å². The molecule has 0 saturated carbocycles. The first-order valence-electron chi connectivity index (χ1n) is 5.72. The van der Waals surface area contributed by atoms with Gasteiger partial charge in [-0.3, -0.25) is 0 Å². The van der Waals surface area contributed by atoms with Crippen molar-refractivity contribution in [3.8, 4) is 0 Å². The molecule has 0 aromatic heterocycles. The van der Waals surface area contributed by atoms with Gasteiger partial charge in [-0.1, -0.05) is 26.2 Å². The highest BCUT2D eigenvalue weighted by Crippen LogP contribution is 2.30. The average Bonchev–Trinajstić information content (AvgIpc) is 2.67. The maximum Gasteiger partial charge on any atom is 0.120 e. The van der Waals surface area contributed by atoms with Gasteiger partial charge < -0.3 is 9.53 Å². The number of carbonyl (C=O) groups excluding carboxylic acids is 1. The van der Waals surface area contributed by atoms with Crippen LogP contribution in [0.2, 0.25) is 0 Å². The molecule has 2 atom stereocenters. The van der Waals surface area contributed by atoms with Gasteiger partial charge >= 0.3 is 0 Å². The topological polar surface area (TPSA) is 29.6 Å². The Kier molecular flexibility index (Phi) is 3.13. The Labute approximate surface area is 77.1 Å². The number of hydrogen-bond acceptors (Lipinski definition) is 2. The van der Waals surface area contributed by atoms with Crippen molar-refractivity contribution in [2.45, 2.75) is 57.6 Å². The van der Waals surface area contributed by atoms with Gasteiger partial charge in [0, 0.05) is 6.42 Å². The van der Waals surface area contributed by atoms with E-state index in [1.54, 1.807) is 0 Å². The number of ether oxygens (including phenoxy) is 1. The van der Waals surface area contributed by atoms with E-state index >= 15 is 0 Å². The molecule has 1 aliphatic rings. The molecule has 0 aromatic carbocycles. The van der Waals surface area contributed by atoms with Crippen LogP contribution >= 0.6 is 0 Å². The highest BCUT2D eigenvalue weighted by molar-refractivity contribution is 5.49. The fourth-order valence-electron chi connectivity index (χ4n) is 1.23. The minimum atomic E-state index is -1.11. The smallest absolute Gasteiger partial charge is 0.120 e. The van der Waals surface area contributed by atoms with Crippen LogP contribution in [0.15, 0.2) is 0 Å². The molecule has 0 amide bonds. The van der Waals surface area contributed by atoms with E-state index in [0.29, 0.717) is 19.3 Å². The third-order valence-corrected chi connectivity index (χ3v) is 2.01. The molecule has 1 fully saturated rings. The number of aldehydes is 1. The summed E-state index contributed by atoms with van der Waals surface area (Å²) < 4.78 is 20.7. The van der Waals surface area contributed by atoms with Crippen LogP contribution in [0.5, 0.6) is 0 Å². The van der Waals surface area contributed by atoms with Gasteiger partial charge in [-0.05, 0) is 12.8 Å². The lowest BCUT2D eigenvalue weighted by Gasteiger charge is -1.93. The van der Waals surface area contributed by atoms with Crippen LogP contribution in [0.25, 0.3) is 0 Å². The molecule has 1 heterocycles. The first-order chi connectivity index (χ1) is 6.58. The van der Waals surface area contributed by atoms with Gasteiger partial charge in [0.2, 0.25) is 0 Å². The van der Waals surface area contributed by atoms with Crippen molar-refractivity contribution in [2.24, 2.45) is 0 Å². The Balaban J connectivity index is 2.28. The molecule has 0 spiro atoms. The predicted octanol–water partition coefficient (Wildman–Crippen LogP) is 2.31. The first-order valence-corrected chi connectivity index (χ1v) is 4.72. The maximum atomic E-state index is 10.2. The molecule has 1 rings (SSSR count). The van der Waals surface area contributed by atoms with Crippen LogP contribution in [0.3, 0.4) is 0 Å². The molecule has 0 N–H and O–H groups in total. The van der Waals surface area contributed by atoms with Crippen molar-refractivity contribution < 1.29 is 12.3 Å². The number of epoxide rings is 1. The molecular weight excluding hydrogens is 152 g/mol. The van der Waals surface area contributed by atoms with Crippen molar-refractivity contribution in [1.29, 1.82) is 0 Å². The van der Waals surface area contributed by atoms with Gasteiger partial charge in [0.25, 0.3) is 0 Å². The quantitative estimate of drug-likeness (QED) is 0.335. The number of rotatable bonds is 7. The van der Waals surface area contributed by atoms with Gasteiger partial charge in [0.1, 0.15) is 6.29 Å². The molecule has 2 nitrogen and oxygen atoms in total. The summed E-state index contributed by atoms with van der Waals surface area (Å²) in [6.07, 6.45) is 3.04. The van der Waals surface area contributed by atoms with E-state index in [4.69, 9.17) is 7.48 Å². The van der Waals surface area contributed by atoms with Crippen LogP contribution < -0.4 is 0 Å². The molecule has 12 heavy (non-hydrogen) atoms. The molecule has 2 heteroatoms. The highest BCUT2D eigenvalue weighted by Gasteiger charge is 2.36. The monoisotopic (exact) mass is 172 g/mol. The average molecular weight is 172 g/mol. The summed E-state index contributed by atoms with van der Waals surface area (Å²) in [4.78, 5) is 10.2.